The van der Waals surface area contributed by atoms with Gasteiger partial charge in [-0.3, -0.25) is 4.98 Å². The fraction of sp³-hybridized carbons (Fsp3) is 0.118. The van der Waals surface area contributed by atoms with E-state index >= 15 is 0 Å². The third-order valence-corrected chi connectivity index (χ3v) is 3.11. The molecule has 0 saturated carbocycles. The number of fused-ring (bicyclic) bond motifs is 1. The summed E-state index contributed by atoms with van der Waals surface area (Å²) >= 11 is 0. The second-order valence-electron chi connectivity index (χ2n) is 4.64. The summed E-state index contributed by atoms with van der Waals surface area (Å²) in [7, 11) is 1.94. The van der Waals surface area contributed by atoms with E-state index in [0.717, 1.165) is 28.9 Å². The predicted octanol–water partition coefficient (Wildman–Crippen LogP) is 3.75. The second-order valence-corrected chi connectivity index (χ2v) is 4.64. The fourth-order valence-corrected chi connectivity index (χ4v) is 2.12. The molecule has 0 spiro atoms. The highest BCUT2D eigenvalue weighted by Crippen LogP contribution is 2.24. The molecule has 1 N–H and O–H groups in total. The topological polar surface area (TPSA) is 34.1 Å². The van der Waals surface area contributed by atoms with E-state index in [4.69, 9.17) is 4.74 Å². The smallest absolute Gasteiger partial charge is 0.146 e. The molecule has 1 heterocycles. The zero-order valence-corrected chi connectivity index (χ0v) is 11.3. The lowest BCUT2D eigenvalue weighted by Crippen LogP contribution is -2.04. The Morgan fingerprint density at radius 3 is 2.60 bits per heavy atom. The Morgan fingerprint density at radius 2 is 1.80 bits per heavy atom. The van der Waals surface area contributed by atoms with Gasteiger partial charge in [0.15, 0.2) is 0 Å². The molecule has 0 radical (unpaired) electrons. The van der Waals surface area contributed by atoms with Gasteiger partial charge < -0.3 is 10.1 Å². The van der Waals surface area contributed by atoms with Gasteiger partial charge in [0, 0.05) is 11.9 Å². The standard InChI is InChI=1S/C17H16N2O/c1-18-11-13-6-8-15(9-7-13)20-16-10-14-4-2-3-5-17(14)19-12-16/h2-10,12,18H,11H2,1H3. The Hall–Kier alpha value is -2.39. The maximum atomic E-state index is 5.84. The van der Waals surface area contributed by atoms with Crippen LogP contribution < -0.4 is 10.1 Å². The first-order valence-electron chi connectivity index (χ1n) is 6.61. The van der Waals surface area contributed by atoms with Crippen LogP contribution in [0.4, 0.5) is 0 Å². The van der Waals surface area contributed by atoms with E-state index in [-0.39, 0.29) is 0 Å². The molecule has 3 aromatic rings. The summed E-state index contributed by atoms with van der Waals surface area (Å²) in [5, 5.41) is 4.20. The molecule has 0 bridgehead atoms. The number of hydrogen-bond donors (Lipinski definition) is 1. The first-order valence-corrected chi connectivity index (χ1v) is 6.61. The Kier molecular flexibility index (Phi) is 3.61. The Bertz CT molecular complexity index is 708. The van der Waals surface area contributed by atoms with Crippen LogP contribution in [0, 0.1) is 0 Å². The summed E-state index contributed by atoms with van der Waals surface area (Å²) in [6.45, 7) is 0.859. The SMILES string of the molecule is CNCc1ccc(Oc2cnc3ccccc3c2)cc1. The van der Waals surface area contributed by atoms with Crippen molar-refractivity contribution >= 4 is 10.9 Å². The van der Waals surface area contributed by atoms with Crippen molar-refractivity contribution < 1.29 is 4.74 Å². The molecular formula is C17H16N2O. The monoisotopic (exact) mass is 264 g/mol. The number of nitrogens with zero attached hydrogens (tertiary/aromatic N) is 1. The molecule has 1 aromatic heterocycles. The lowest BCUT2D eigenvalue weighted by molar-refractivity contribution is 0.481. The van der Waals surface area contributed by atoms with Crippen LogP contribution >= 0.6 is 0 Å². The third kappa shape index (κ3) is 2.78. The minimum Gasteiger partial charge on any atom is -0.456 e. The van der Waals surface area contributed by atoms with Gasteiger partial charge in [0.2, 0.25) is 0 Å². The highest BCUT2D eigenvalue weighted by Gasteiger charge is 2.00. The third-order valence-electron chi connectivity index (χ3n) is 3.11. The molecule has 3 nitrogen and oxygen atoms in total. The van der Waals surface area contributed by atoms with E-state index in [1.165, 1.54) is 5.56 Å². The minimum absolute atomic E-state index is 0.755. The molecule has 0 unspecified atom stereocenters. The predicted molar refractivity (Wildman–Crippen MR) is 81.0 cm³/mol. The summed E-state index contributed by atoms with van der Waals surface area (Å²) in [5.74, 6) is 1.58. The summed E-state index contributed by atoms with van der Waals surface area (Å²) in [5.41, 5.74) is 2.21. The van der Waals surface area contributed by atoms with Crippen molar-refractivity contribution in [3.63, 3.8) is 0 Å². The largest absolute Gasteiger partial charge is 0.456 e. The van der Waals surface area contributed by atoms with Crippen LogP contribution in [-0.4, -0.2) is 12.0 Å². The maximum Gasteiger partial charge on any atom is 0.146 e. The Labute approximate surface area is 118 Å². The normalized spacial score (nSPS) is 10.7. The molecule has 0 amide bonds. The molecular weight excluding hydrogens is 248 g/mol. The summed E-state index contributed by atoms with van der Waals surface area (Å²) in [6.07, 6.45) is 1.75. The van der Waals surface area contributed by atoms with Crippen molar-refractivity contribution in [3.05, 3.63) is 66.4 Å². The molecule has 3 rings (SSSR count). The second kappa shape index (κ2) is 5.72. The number of hydrogen-bond acceptors (Lipinski definition) is 3. The van der Waals surface area contributed by atoms with Gasteiger partial charge >= 0.3 is 0 Å². The molecule has 3 heteroatoms. The van der Waals surface area contributed by atoms with Crippen molar-refractivity contribution in [3.8, 4) is 11.5 Å². The molecule has 0 aliphatic rings. The lowest BCUT2D eigenvalue weighted by atomic mass is 10.2. The number of nitrogens with one attached hydrogen (secondary N) is 1. The maximum absolute atomic E-state index is 5.84. The zero-order chi connectivity index (χ0) is 13.8. The van der Waals surface area contributed by atoms with Crippen molar-refractivity contribution in [2.24, 2.45) is 0 Å². The minimum atomic E-state index is 0.755. The number of benzene rings is 2. The average Bonchev–Trinajstić information content (AvgIpc) is 2.49. The molecule has 20 heavy (non-hydrogen) atoms. The molecule has 0 atom stereocenters. The number of pyridine rings is 1. The summed E-state index contributed by atoms with van der Waals surface area (Å²) in [6, 6.07) is 18.1. The van der Waals surface area contributed by atoms with Gasteiger partial charge in [0.05, 0.1) is 11.7 Å². The number of ether oxygens (including phenoxy) is 1. The number of rotatable bonds is 4. The van der Waals surface area contributed by atoms with E-state index in [0.29, 0.717) is 0 Å². The lowest BCUT2D eigenvalue weighted by Gasteiger charge is -2.07. The van der Waals surface area contributed by atoms with E-state index in [9.17, 15) is 0 Å². The fourth-order valence-electron chi connectivity index (χ4n) is 2.12. The molecule has 2 aromatic carbocycles. The molecule has 0 saturated heterocycles. The zero-order valence-electron chi connectivity index (χ0n) is 11.3. The highest BCUT2D eigenvalue weighted by atomic mass is 16.5. The van der Waals surface area contributed by atoms with Crippen LogP contribution in [0.25, 0.3) is 10.9 Å². The number of aromatic nitrogens is 1. The van der Waals surface area contributed by atoms with Gasteiger partial charge in [0.1, 0.15) is 11.5 Å². The van der Waals surface area contributed by atoms with E-state index in [1.54, 1.807) is 6.20 Å². The molecule has 100 valence electrons. The first kappa shape index (κ1) is 12.6. The van der Waals surface area contributed by atoms with E-state index in [2.05, 4.69) is 22.4 Å². The quantitative estimate of drug-likeness (QED) is 0.779. The van der Waals surface area contributed by atoms with Gasteiger partial charge in [-0.05, 0) is 36.9 Å². The van der Waals surface area contributed by atoms with Gasteiger partial charge in [-0.1, -0.05) is 30.3 Å². The van der Waals surface area contributed by atoms with Crippen LogP contribution in [0.5, 0.6) is 11.5 Å². The van der Waals surface area contributed by atoms with Gasteiger partial charge in [-0.15, -0.1) is 0 Å². The Balaban J connectivity index is 1.81. The van der Waals surface area contributed by atoms with E-state index in [1.807, 2.05) is 49.5 Å². The van der Waals surface area contributed by atoms with Crippen LogP contribution in [0.1, 0.15) is 5.56 Å². The first-order chi connectivity index (χ1) is 9.85. The molecule has 0 aliphatic heterocycles. The number of para-hydroxylation sites is 1. The summed E-state index contributed by atoms with van der Waals surface area (Å²) < 4.78 is 5.84. The summed E-state index contributed by atoms with van der Waals surface area (Å²) in [4.78, 5) is 4.39. The van der Waals surface area contributed by atoms with Gasteiger partial charge in [-0.2, -0.15) is 0 Å². The van der Waals surface area contributed by atoms with Gasteiger partial charge in [0.25, 0.3) is 0 Å². The van der Waals surface area contributed by atoms with Crippen molar-refractivity contribution in [1.82, 2.24) is 10.3 Å². The van der Waals surface area contributed by atoms with Crippen molar-refractivity contribution in [2.45, 2.75) is 6.54 Å². The van der Waals surface area contributed by atoms with Crippen molar-refractivity contribution in [1.29, 1.82) is 0 Å². The van der Waals surface area contributed by atoms with Crippen molar-refractivity contribution in [2.75, 3.05) is 7.05 Å². The van der Waals surface area contributed by atoms with E-state index < -0.39 is 0 Å². The average molecular weight is 264 g/mol. The highest BCUT2D eigenvalue weighted by molar-refractivity contribution is 5.79. The van der Waals surface area contributed by atoms with Gasteiger partial charge in [-0.25, -0.2) is 0 Å². The van der Waals surface area contributed by atoms with Crippen LogP contribution in [0.15, 0.2) is 60.8 Å². The molecule has 0 aliphatic carbocycles. The van der Waals surface area contributed by atoms with Crippen LogP contribution in [0.3, 0.4) is 0 Å². The Morgan fingerprint density at radius 1 is 1.00 bits per heavy atom. The van der Waals surface area contributed by atoms with Crippen LogP contribution in [0.2, 0.25) is 0 Å². The van der Waals surface area contributed by atoms with Crippen LogP contribution in [-0.2, 0) is 6.54 Å². The molecule has 0 fully saturated rings.